The van der Waals surface area contributed by atoms with E-state index in [0.29, 0.717) is 18.3 Å². The first-order valence-electron chi connectivity index (χ1n) is 6.37. The summed E-state index contributed by atoms with van der Waals surface area (Å²) in [5.74, 6) is 0.984. The van der Waals surface area contributed by atoms with Crippen LogP contribution < -0.4 is 4.72 Å². The van der Waals surface area contributed by atoms with E-state index in [1.807, 2.05) is 21.0 Å². The highest BCUT2D eigenvalue weighted by molar-refractivity contribution is 7.89. The zero-order chi connectivity index (χ0) is 14.3. The molecule has 0 fully saturated rings. The molecular weight excluding hydrogens is 272 g/mol. The Balaban J connectivity index is 4.33. The van der Waals surface area contributed by atoms with Gasteiger partial charge in [0.05, 0.1) is 5.75 Å². The molecular formula is C12H27ClN2O2S. The molecule has 4 nitrogen and oxygen atoms in total. The van der Waals surface area contributed by atoms with Crippen LogP contribution in [0.2, 0.25) is 0 Å². The van der Waals surface area contributed by atoms with Crippen molar-refractivity contribution in [2.24, 2.45) is 11.8 Å². The molecule has 0 aromatic heterocycles. The summed E-state index contributed by atoms with van der Waals surface area (Å²) in [5.41, 5.74) is 0. The maximum atomic E-state index is 11.8. The van der Waals surface area contributed by atoms with Crippen LogP contribution in [0.25, 0.3) is 0 Å². The lowest BCUT2D eigenvalue weighted by Gasteiger charge is -2.26. The van der Waals surface area contributed by atoms with Crippen molar-refractivity contribution < 1.29 is 8.42 Å². The van der Waals surface area contributed by atoms with Crippen molar-refractivity contribution in [3.8, 4) is 0 Å². The molecule has 0 saturated carbocycles. The molecule has 2 atom stereocenters. The third-order valence-corrected chi connectivity index (χ3v) is 4.92. The van der Waals surface area contributed by atoms with Crippen molar-refractivity contribution in [2.75, 3.05) is 32.3 Å². The number of alkyl halides is 1. The summed E-state index contributed by atoms with van der Waals surface area (Å²) in [6.45, 7) is 6.58. The fourth-order valence-electron chi connectivity index (χ4n) is 1.72. The minimum Gasteiger partial charge on any atom is -0.305 e. The molecule has 2 unspecified atom stereocenters. The minimum absolute atomic E-state index is 0.0212. The SMILES string of the molecule is CC(C)CC(CNS(=O)(=O)CC(C)CCl)N(C)C. The van der Waals surface area contributed by atoms with Gasteiger partial charge in [-0.3, -0.25) is 0 Å². The first-order valence-corrected chi connectivity index (χ1v) is 8.56. The number of hydrogen-bond donors (Lipinski definition) is 1. The van der Waals surface area contributed by atoms with E-state index in [9.17, 15) is 8.42 Å². The Labute approximate surface area is 117 Å². The topological polar surface area (TPSA) is 49.4 Å². The van der Waals surface area contributed by atoms with Gasteiger partial charge in [-0.15, -0.1) is 11.6 Å². The molecule has 6 heteroatoms. The second-order valence-electron chi connectivity index (χ2n) is 5.64. The number of nitrogens with one attached hydrogen (secondary N) is 1. The summed E-state index contributed by atoms with van der Waals surface area (Å²) in [4.78, 5) is 2.06. The van der Waals surface area contributed by atoms with Gasteiger partial charge in [-0.25, -0.2) is 13.1 Å². The predicted molar refractivity (Wildman–Crippen MR) is 78.6 cm³/mol. The standard InChI is InChI=1S/C12H27ClN2O2S/c1-10(2)6-12(15(4)5)8-14-18(16,17)9-11(3)7-13/h10-12,14H,6-9H2,1-5H3. The molecule has 0 aromatic rings. The highest BCUT2D eigenvalue weighted by atomic mass is 35.5. The molecule has 0 bridgehead atoms. The van der Waals surface area contributed by atoms with Gasteiger partial charge in [0, 0.05) is 18.5 Å². The number of halogens is 1. The average Bonchev–Trinajstić information content (AvgIpc) is 2.22. The van der Waals surface area contributed by atoms with Crippen LogP contribution in [0.5, 0.6) is 0 Å². The largest absolute Gasteiger partial charge is 0.305 e. The molecule has 0 amide bonds. The molecule has 1 N–H and O–H groups in total. The zero-order valence-corrected chi connectivity index (χ0v) is 13.7. The van der Waals surface area contributed by atoms with Crippen LogP contribution in [0.4, 0.5) is 0 Å². The molecule has 0 heterocycles. The van der Waals surface area contributed by atoms with Gasteiger partial charge in [-0.1, -0.05) is 20.8 Å². The molecule has 110 valence electrons. The molecule has 0 rings (SSSR count). The van der Waals surface area contributed by atoms with E-state index in [0.717, 1.165) is 6.42 Å². The molecule has 0 aliphatic rings. The second kappa shape index (κ2) is 8.35. The maximum absolute atomic E-state index is 11.8. The lowest BCUT2D eigenvalue weighted by atomic mass is 10.0. The minimum atomic E-state index is -3.22. The molecule has 0 aromatic carbocycles. The van der Waals surface area contributed by atoms with E-state index >= 15 is 0 Å². The van der Waals surface area contributed by atoms with E-state index in [1.165, 1.54) is 0 Å². The van der Waals surface area contributed by atoms with Crippen LogP contribution in [0, 0.1) is 11.8 Å². The van der Waals surface area contributed by atoms with Crippen molar-refractivity contribution in [1.29, 1.82) is 0 Å². The van der Waals surface area contributed by atoms with Gasteiger partial charge in [0.25, 0.3) is 0 Å². The Hall–Kier alpha value is 0.160. The Kier molecular flexibility index (Phi) is 8.43. The highest BCUT2D eigenvalue weighted by Crippen LogP contribution is 2.09. The fourth-order valence-corrected chi connectivity index (χ4v) is 3.39. The zero-order valence-electron chi connectivity index (χ0n) is 12.1. The molecule has 18 heavy (non-hydrogen) atoms. The summed E-state index contributed by atoms with van der Waals surface area (Å²) >= 11 is 5.64. The number of sulfonamides is 1. The van der Waals surface area contributed by atoms with Gasteiger partial charge in [0.15, 0.2) is 0 Å². The van der Waals surface area contributed by atoms with Crippen LogP contribution in [-0.4, -0.2) is 51.6 Å². The van der Waals surface area contributed by atoms with Crippen molar-refractivity contribution in [3.63, 3.8) is 0 Å². The Morgan fingerprint density at radius 2 is 1.78 bits per heavy atom. The first kappa shape index (κ1) is 18.2. The van der Waals surface area contributed by atoms with Crippen molar-refractivity contribution in [3.05, 3.63) is 0 Å². The maximum Gasteiger partial charge on any atom is 0.211 e. The summed E-state index contributed by atoms with van der Waals surface area (Å²) < 4.78 is 26.3. The van der Waals surface area contributed by atoms with Crippen molar-refractivity contribution in [2.45, 2.75) is 33.2 Å². The fraction of sp³-hybridized carbons (Fsp3) is 1.00. The summed E-state index contributed by atoms with van der Waals surface area (Å²) in [6.07, 6.45) is 0.973. The summed E-state index contributed by atoms with van der Waals surface area (Å²) in [5, 5.41) is 0. The molecule has 0 spiro atoms. The average molecular weight is 299 g/mol. The van der Waals surface area contributed by atoms with Gasteiger partial charge < -0.3 is 4.90 Å². The number of nitrogens with zero attached hydrogens (tertiary/aromatic N) is 1. The van der Waals surface area contributed by atoms with Gasteiger partial charge in [0.1, 0.15) is 0 Å². The Morgan fingerprint density at radius 3 is 2.17 bits per heavy atom. The van der Waals surface area contributed by atoms with Gasteiger partial charge in [0.2, 0.25) is 10.0 Å². The van der Waals surface area contributed by atoms with Crippen LogP contribution >= 0.6 is 11.6 Å². The molecule has 0 aliphatic heterocycles. The number of rotatable bonds is 9. The van der Waals surface area contributed by atoms with E-state index < -0.39 is 10.0 Å². The van der Waals surface area contributed by atoms with Gasteiger partial charge in [-0.05, 0) is 32.4 Å². The summed E-state index contributed by atoms with van der Waals surface area (Å²) in [7, 11) is 0.731. The van der Waals surface area contributed by atoms with Crippen molar-refractivity contribution in [1.82, 2.24) is 9.62 Å². The van der Waals surface area contributed by atoms with Crippen molar-refractivity contribution >= 4 is 21.6 Å². The quantitative estimate of drug-likeness (QED) is 0.660. The lowest BCUT2D eigenvalue weighted by molar-refractivity contribution is 0.255. The molecule has 0 radical (unpaired) electrons. The van der Waals surface area contributed by atoms with E-state index in [4.69, 9.17) is 11.6 Å². The highest BCUT2D eigenvalue weighted by Gasteiger charge is 2.19. The van der Waals surface area contributed by atoms with Gasteiger partial charge in [-0.2, -0.15) is 0 Å². The lowest BCUT2D eigenvalue weighted by Crippen LogP contribution is -2.42. The van der Waals surface area contributed by atoms with E-state index in [1.54, 1.807) is 0 Å². The normalized spacial score (nSPS) is 16.2. The van der Waals surface area contributed by atoms with E-state index in [-0.39, 0.29) is 17.7 Å². The van der Waals surface area contributed by atoms with Crippen LogP contribution in [0.15, 0.2) is 0 Å². The molecule has 0 aliphatic carbocycles. The Morgan fingerprint density at radius 1 is 1.22 bits per heavy atom. The van der Waals surface area contributed by atoms with Crippen LogP contribution in [0.1, 0.15) is 27.2 Å². The monoisotopic (exact) mass is 298 g/mol. The van der Waals surface area contributed by atoms with E-state index in [2.05, 4.69) is 23.5 Å². The number of hydrogen-bond acceptors (Lipinski definition) is 3. The predicted octanol–water partition coefficient (Wildman–Crippen LogP) is 1.76. The van der Waals surface area contributed by atoms with Gasteiger partial charge >= 0.3 is 0 Å². The van der Waals surface area contributed by atoms with Crippen LogP contribution in [0.3, 0.4) is 0 Å². The second-order valence-corrected chi connectivity index (χ2v) is 7.80. The third kappa shape index (κ3) is 8.29. The first-order chi connectivity index (χ1) is 8.18. The number of likely N-dealkylation sites (N-methyl/N-ethyl adjacent to an activating group) is 1. The third-order valence-electron chi connectivity index (χ3n) is 2.78. The molecule has 0 saturated heterocycles. The Bertz CT molecular complexity index is 318. The smallest absolute Gasteiger partial charge is 0.211 e. The summed E-state index contributed by atoms with van der Waals surface area (Å²) in [6, 6.07) is 0.228. The van der Waals surface area contributed by atoms with Crippen LogP contribution in [-0.2, 0) is 10.0 Å².